The third kappa shape index (κ3) is 2.70. The molecule has 0 aliphatic heterocycles. The summed E-state index contributed by atoms with van der Waals surface area (Å²) in [5.74, 6) is 0.551. The van der Waals surface area contributed by atoms with Gasteiger partial charge in [0.15, 0.2) is 5.82 Å². The van der Waals surface area contributed by atoms with Gasteiger partial charge in [-0.15, -0.1) is 0 Å². The largest absolute Gasteiger partial charge is 0.368 e. The van der Waals surface area contributed by atoms with Gasteiger partial charge in [0.2, 0.25) is 5.95 Å². The Morgan fingerprint density at radius 1 is 1.44 bits per heavy atom. The number of benzene rings is 1. The molecule has 0 spiro atoms. The number of anilines is 3. The normalized spacial score (nSPS) is 9.83. The lowest BCUT2D eigenvalue weighted by Crippen LogP contribution is -2.00. The fourth-order valence-corrected chi connectivity index (χ4v) is 1.89. The minimum Gasteiger partial charge on any atom is -0.368 e. The van der Waals surface area contributed by atoms with E-state index in [1.54, 1.807) is 18.2 Å². The molecule has 0 saturated carbocycles. The molecule has 7 heteroatoms. The summed E-state index contributed by atoms with van der Waals surface area (Å²) < 4.78 is 0.688. The number of aromatic nitrogens is 2. The third-order valence-electron chi connectivity index (χ3n) is 2.12. The van der Waals surface area contributed by atoms with Crippen molar-refractivity contribution in [2.75, 3.05) is 11.1 Å². The molecule has 1 heterocycles. The first-order chi connectivity index (χ1) is 8.60. The Morgan fingerprint density at radius 3 is 2.89 bits per heavy atom. The standard InChI is InChI=1S/C11H7BrClN5/c12-8-3-7(2-1-6(8)4-14)17-10-9(13)5-16-11(15)18-10/h1-3,5H,(H3,15,16,17,18). The summed E-state index contributed by atoms with van der Waals surface area (Å²) in [4.78, 5) is 7.75. The maximum absolute atomic E-state index is 8.82. The molecule has 0 aliphatic rings. The van der Waals surface area contributed by atoms with Crippen molar-refractivity contribution in [2.24, 2.45) is 0 Å². The summed E-state index contributed by atoms with van der Waals surface area (Å²) in [7, 11) is 0. The molecule has 0 unspecified atom stereocenters. The molecule has 18 heavy (non-hydrogen) atoms. The van der Waals surface area contributed by atoms with Crippen LogP contribution >= 0.6 is 27.5 Å². The zero-order valence-electron chi connectivity index (χ0n) is 8.98. The van der Waals surface area contributed by atoms with Crippen LogP contribution in [-0.4, -0.2) is 9.97 Å². The van der Waals surface area contributed by atoms with Crippen molar-refractivity contribution in [1.29, 1.82) is 5.26 Å². The van der Waals surface area contributed by atoms with Gasteiger partial charge >= 0.3 is 0 Å². The first-order valence-corrected chi connectivity index (χ1v) is 6.02. The minimum absolute atomic E-state index is 0.134. The summed E-state index contributed by atoms with van der Waals surface area (Å²) in [5, 5.41) is 12.2. The number of hydrogen-bond acceptors (Lipinski definition) is 5. The van der Waals surface area contributed by atoms with Gasteiger partial charge in [0.05, 0.1) is 11.8 Å². The second-order valence-electron chi connectivity index (χ2n) is 3.36. The van der Waals surface area contributed by atoms with Crippen molar-refractivity contribution >= 4 is 45.0 Å². The maximum Gasteiger partial charge on any atom is 0.222 e. The highest BCUT2D eigenvalue weighted by atomic mass is 79.9. The summed E-state index contributed by atoms with van der Waals surface area (Å²) in [6.07, 6.45) is 1.42. The van der Waals surface area contributed by atoms with E-state index in [2.05, 4.69) is 37.3 Å². The molecular weight excluding hydrogens is 318 g/mol. The van der Waals surface area contributed by atoms with Crippen molar-refractivity contribution in [2.45, 2.75) is 0 Å². The molecule has 0 radical (unpaired) electrons. The molecule has 3 N–H and O–H groups in total. The van der Waals surface area contributed by atoms with Gasteiger partial charge in [-0.05, 0) is 34.1 Å². The van der Waals surface area contributed by atoms with Crippen molar-refractivity contribution in [3.05, 3.63) is 39.5 Å². The van der Waals surface area contributed by atoms with Crippen LogP contribution in [0, 0.1) is 11.3 Å². The summed E-state index contributed by atoms with van der Waals surface area (Å²) in [5.41, 5.74) is 6.77. The molecule has 2 rings (SSSR count). The highest BCUT2D eigenvalue weighted by Gasteiger charge is 2.06. The number of nitrogen functional groups attached to an aromatic ring is 1. The summed E-state index contributed by atoms with van der Waals surface area (Å²) >= 11 is 9.24. The summed E-state index contributed by atoms with van der Waals surface area (Å²) in [6.45, 7) is 0. The summed E-state index contributed by atoms with van der Waals surface area (Å²) in [6, 6.07) is 7.25. The Morgan fingerprint density at radius 2 is 2.22 bits per heavy atom. The van der Waals surface area contributed by atoms with Crippen molar-refractivity contribution < 1.29 is 0 Å². The number of hydrogen-bond donors (Lipinski definition) is 2. The third-order valence-corrected chi connectivity index (χ3v) is 3.05. The average Bonchev–Trinajstić information content (AvgIpc) is 2.34. The zero-order valence-corrected chi connectivity index (χ0v) is 11.3. The van der Waals surface area contributed by atoms with Gasteiger partial charge in [-0.3, -0.25) is 0 Å². The van der Waals surface area contributed by atoms with E-state index in [1.807, 2.05) is 0 Å². The van der Waals surface area contributed by atoms with Crippen LogP contribution in [0.4, 0.5) is 17.5 Å². The first kappa shape index (κ1) is 12.6. The fraction of sp³-hybridized carbons (Fsp3) is 0. The molecular formula is C11H7BrClN5. The van der Waals surface area contributed by atoms with Gasteiger partial charge in [-0.25, -0.2) is 4.98 Å². The van der Waals surface area contributed by atoms with Gasteiger partial charge in [0.25, 0.3) is 0 Å². The lowest BCUT2D eigenvalue weighted by atomic mass is 10.2. The smallest absolute Gasteiger partial charge is 0.222 e. The number of nitrogens with zero attached hydrogens (tertiary/aromatic N) is 3. The Bertz CT molecular complexity index is 638. The van der Waals surface area contributed by atoms with Crippen LogP contribution in [0.15, 0.2) is 28.9 Å². The Hall–Kier alpha value is -1.84. The molecule has 0 amide bonds. The first-order valence-electron chi connectivity index (χ1n) is 4.85. The molecule has 0 aliphatic carbocycles. The molecule has 0 bridgehead atoms. The molecule has 0 saturated heterocycles. The van der Waals surface area contributed by atoms with Crippen LogP contribution in [-0.2, 0) is 0 Å². The van der Waals surface area contributed by atoms with E-state index in [0.717, 1.165) is 5.69 Å². The van der Waals surface area contributed by atoms with Crippen LogP contribution in [0.3, 0.4) is 0 Å². The monoisotopic (exact) mass is 323 g/mol. The maximum atomic E-state index is 8.82. The van der Waals surface area contributed by atoms with E-state index in [-0.39, 0.29) is 5.95 Å². The van der Waals surface area contributed by atoms with Crippen LogP contribution in [0.5, 0.6) is 0 Å². The molecule has 90 valence electrons. The van der Waals surface area contributed by atoms with Crippen molar-refractivity contribution in [1.82, 2.24) is 9.97 Å². The molecule has 0 atom stereocenters. The number of halogens is 2. The van der Waals surface area contributed by atoms with Crippen LogP contribution in [0.25, 0.3) is 0 Å². The topological polar surface area (TPSA) is 87.6 Å². The van der Waals surface area contributed by atoms with E-state index in [1.165, 1.54) is 6.20 Å². The lowest BCUT2D eigenvalue weighted by Gasteiger charge is -2.08. The predicted octanol–water partition coefficient (Wildman–Crippen LogP) is 3.09. The second-order valence-corrected chi connectivity index (χ2v) is 4.62. The number of rotatable bonds is 2. The van der Waals surface area contributed by atoms with Gasteiger partial charge in [0, 0.05) is 10.2 Å². The Balaban J connectivity index is 2.32. The van der Waals surface area contributed by atoms with E-state index >= 15 is 0 Å². The minimum atomic E-state index is 0.134. The average molecular weight is 325 g/mol. The van der Waals surface area contributed by atoms with Crippen LogP contribution in [0.1, 0.15) is 5.56 Å². The SMILES string of the molecule is N#Cc1ccc(Nc2nc(N)ncc2Cl)cc1Br. The van der Waals surface area contributed by atoms with Gasteiger partial charge in [-0.2, -0.15) is 10.2 Å². The number of nitrogens with two attached hydrogens (primary N) is 1. The molecule has 2 aromatic rings. The molecule has 1 aromatic heterocycles. The molecule has 0 fully saturated rings. The fourth-order valence-electron chi connectivity index (χ4n) is 1.29. The Kier molecular flexibility index (Phi) is 3.65. The van der Waals surface area contributed by atoms with E-state index in [9.17, 15) is 0 Å². The van der Waals surface area contributed by atoms with Gasteiger partial charge < -0.3 is 11.1 Å². The Labute approximate surface area is 117 Å². The van der Waals surface area contributed by atoms with Crippen LogP contribution in [0.2, 0.25) is 5.02 Å². The zero-order chi connectivity index (χ0) is 13.1. The highest BCUT2D eigenvalue weighted by molar-refractivity contribution is 9.10. The number of nitriles is 1. The van der Waals surface area contributed by atoms with Gasteiger partial charge in [0.1, 0.15) is 11.1 Å². The second kappa shape index (κ2) is 5.21. The molecule has 1 aromatic carbocycles. The highest BCUT2D eigenvalue weighted by Crippen LogP contribution is 2.26. The van der Waals surface area contributed by atoms with Gasteiger partial charge in [-0.1, -0.05) is 11.6 Å². The van der Waals surface area contributed by atoms with Crippen LogP contribution < -0.4 is 11.1 Å². The van der Waals surface area contributed by atoms with E-state index < -0.39 is 0 Å². The molecule has 5 nitrogen and oxygen atoms in total. The van der Waals surface area contributed by atoms with E-state index in [4.69, 9.17) is 22.6 Å². The number of nitrogens with one attached hydrogen (secondary N) is 1. The quantitative estimate of drug-likeness (QED) is 0.886. The lowest BCUT2D eigenvalue weighted by molar-refractivity contribution is 1.18. The predicted molar refractivity (Wildman–Crippen MR) is 73.6 cm³/mol. The van der Waals surface area contributed by atoms with Crippen molar-refractivity contribution in [3.8, 4) is 6.07 Å². The van der Waals surface area contributed by atoms with E-state index in [0.29, 0.717) is 20.9 Å². The van der Waals surface area contributed by atoms with Crippen molar-refractivity contribution in [3.63, 3.8) is 0 Å².